The predicted octanol–water partition coefficient (Wildman–Crippen LogP) is 1.86. The van der Waals surface area contributed by atoms with Gasteiger partial charge < -0.3 is 20.9 Å². The molecule has 0 aliphatic heterocycles. The summed E-state index contributed by atoms with van der Waals surface area (Å²) in [4.78, 5) is 4.27. The Morgan fingerprint density at radius 2 is 2.10 bits per heavy atom. The summed E-state index contributed by atoms with van der Waals surface area (Å²) < 4.78 is 5.15. The standard InChI is InChI=1S/C15H23N3O2/c1-20-10-12-6-2-3-7-13(12)18-14(16)17-11-15(19)8-4-5-9-15/h2-3,6-7,19H,4-5,8-11H2,1H3,(H3,16,17,18). The first-order chi connectivity index (χ1) is 9.63. The van der Waals surface area contributed by atoms with Gasteiger partial charge >= 0.3 is 0 Å². The number of methoxy groups -OCH3 is 1. The van der Waals surface area contributed by atoms with E-state index in [-0.39, 0.29) is 0 Å². The van der Waals surface area contributed by atoms with E-state index in [1.54, 1.807) is 7.11 Å². The van der Waals surface area contributed by atoms with Gasteiger partial charge in [0.1, 0.15) is 0 Å². The molecule has 0 atom stereocenters. The molecule has 0 amide bonds. The topological polar surface area (TPSA) is 79.9 Å². The van der Waals surface area contributed by atoms with Crippen LogP contribution in [-0.2, 0) is 11.3 Å². The highest BCUT2D eigenvalue weighted by Crippen LogP contribution is 2.29. The number of nitrogens with zero attached hydrogens (tertiary/aromatic N) is 1. The number of aliphatic hydroxyl groups is 1. The summed E-state index contributed by atoms with van der Waals surface area (Å²) in [5.41, 5.74) is 7.13. The van der Waals surface area contributed by atoms with Crippen LogP contribution >= 0.6 is 0 Å². The van der Waals surface area contributed by atoms with E-state index in [2.05, 4.69) is 10.3 Å². The van der Waals surface area contributed by atoms with Gasteiger partial charge in [-0.15, -0.1) is 0 Å². The van der Waals surface area contributed by atoms with Crippen LogP contribution < -0.4 is 11.1 Å². The second-order valence-corrected chi connectivity index (χ2v) is 5.35. The first kappa shape index (κ1) is 14.8. The highest BCUT2D eigenvalue weighted by atomic mass is 16.5. The Labute approximate surface area is 119 Å². The number of para-hydroxylation sites is 1. The molecular weight excluding hydrogens is 254 g/mol. The van der Waals surface area contributed by atoms with Gasteiger partial charge in [0.25, 0.3) is 0 Å². The minimum Gasteiger partial charge on any atom is -0.388 e. The molecule has 2 rings (SSSR count). The first-order valence-corrected chi connectivity index (χ1v) is 6.99. The van der Waals surface area contributed by atoms with Crippen molar-refractivity contribution in [2.45, 2.75) is 37.9 Å². The number of anilines is 1. The normalized spacial score (nSPS) is 18.2. The smallest absolute Gasteiger partial charge is 0.193 e. The lowest BCUT2D eigenvalue weighted by Crippen LogP contribution is -2.31. The molecule has 1 aliphatic carbocycles. The third-order valence-electron chi connectivity index (χ3n) is 3.66. The molecule has 1 aliphatic rings. The molecular formula is C15H23N3O2. The average Bonchev–Trinajstić information content (AvgIpc) is 2.87. The molecule has 0 heterocycles. The van der Waals surface area contributed by atoms with Crippen molar-refractivity contribution in [2.75, 3.05) is 19.0 Å². The Morgan fingerprint density at radius 1 is 1.40 bits per heavy atom. The summed E-state index contributed by atoms with van der Waals surface area (Å²) in [6, 6.07) is 7.79. The average molecular weight is 277 g/mol. The van der Waals surface area contributed by atoms with E-state index in [0.717, 1.165) is 36.9 Å². The fourth-order valence-corrected chi connectivity index (χ4v) is 2.52. The lowest BCUT2D eigenvalue weighted by Gasteiger charge is -2.19. The third kappa shape index (κ3) is 3.95. The van der Waals surface area contributed by atoms with E-state index in [0.29, 0.717) is 19.1 Å². The summed E-state index contributed by atoms with van der Waals surface area (Å²) in [7, 11) is 1.66. The van der Waals surface area contributed by atoms with Gasteiger partial charge in [0.15, 0.2) is 5.96 Å². The van der Waals surface area contributed by atoms with Gasteiger partial charge in [-0.1, -0.05) is 31.0 Å². The second-order valence-electron chi connectivity index (χ2n) is 5.35. The number of aliphatic imine (C=N–C) groups is 1. The van der Waals surface area contributed by atoms with Crippen LogP contribution in [0.5, 0.6) is 0 Å². The van der Waals surface area contributed by atoms with Crippen LogP contribution in [-0.4, -0.2) is 30.3 Å². The number of benzene rings is 1. The summed E-state index contributed by atoms with van der Waals surface area (Å²) in [5, 5.41) is 13.3. The van der Waals surface area contributed by atoms with E-state index < -0.39 is 5.60 Å². The maximum Gasteiger partial charge on any atom is 0.193 e. The van der Waals surface area contributed by atoms with Gasteiger partial charge in [0, 0.05) is 18.4 Å². The van der Waals surface area contributed by atoms with Crippen LogP contribution in [0, 0.1) is 0 Å². The Morgan fingerprint density at radius 3 is 2.80 bits per heavy atom. The highest BCUT2D eigenvalue weighted by molar-refractivity contribution is 5.93. The van der Waals surface area contributed by atoms with Crippen LogP contribution in [0.15, 0.2) is 29.3 Å². The Hall–Kier alpha value is -1.59. The van der Waals surface area contributed by atoms with Crippen molar-refractivity contribution in [1.82, 2.24) is 0 Å². The van der Waals surface area contributed by atoms with Gasteiger partial charge in [-0.3, -0.25) is 4.99 Å². The quantitative estimate of drug-likeness (QED) is 0.567. The van der Waals surface area contributed by atoms with Crippen LogP contribution in [0.25, 0.3) is 0 Å². The summed E-state index contributed by atoms with van der Waals surface area (Å²) in [6.45, 7) is 0.874. The second kappa shape index (κ2) is 6.72. The summed E-state index contributed by atoms with van der Waals surface area (Å²) in [6.07, 6.45) is 3.75. The molecule has 20 heavy (non-hydrogen) atoms. The van der Waals surface area contributed by atoms with Gasteiger partial charge in [-0.05, 0) is 18.9 Å². The molecule has 0 saturated heterocycles. The molecule has 1 aromatic rings. The van der Waals surface area contributed by atoms with Gasteiger partial charge in [0.2, 0.25) is 0 Å². The van der Waals surface area contributed by atoms with Crippen molar-refractivity contribution < 1.29 is 9.84 Å². The maximum atomic E-state index is 10.2. The van der Waals surface area contributed by atoms with Crippen molar-refractivity contribution in [3.8, 4) is 0 Å². The molecule has 4 N–H and O–H groups in total. The monoisotopic (exact) mass is 277 g/mol. The largest absolute Gasteiger partial charge is 0.388 e. The van der Waals surface area contributed by atoms with Crippen LogP contribution in [0.2, 0.25) is 0 Å². The molecule has 5 heteroatoms. The van der Waals surface area contributed by atoms with E-state index in [4.69, 9.17) is 10.5 Å². The zero-order valence-corrected chi connectivity index (χ0v) is 11.9. The van der Waals surface area contributed by atoms with Gasteiger partial charge in [0.05, 0.1) is 18.8 Å². The number of rotatable bonds is 5. The summed E-state index contributed by atoms with van der Waals surface area (Å²) in [5.74, 6) is 0.328. The SMILES string of the molecule is COCc1ccccc1NC(N)=NCC1(O)CCCC1. The third-order valence-corrected chi connectivity index (χ3v) is 3.66. The van der Waals surface area contributed by atoms with Crippen LogP contribution in [0.1, 0.15) is 31.2 Å². The van der Waals surface area contributed by atoms with Crippen molar-refractivity contribution in [1.29, 1.82) is 0 Å². The Kier molecular flexibility index (Phi) is 4.98. The number of nitrogens with two attached hydrogens (primary N) is 1. The lowest BCUT2D eigenvalue weighted by atomic mass is 10.0. The molecule has 5 nitrogen and oxygen atoms in total. The Bertz CT molecular complexity index is 468. The van der Waals surface area contributed by atoms with Crippen LogP contribution in [0.4, 0.5) is 5.69 Å². The molecule has 0 aromatic heterocycles. The zero-order chi connectivity index (χ0) is 14.4. The van der Waals surface area contributed by atoms with Crippen molar-refractivity contribution >= 4 is 11.6 Å². The van der Waals surface area contributed by atoms with Crippen molar-refractivity contribution in [3.05, 3.63) is 29.8 Å². The van der Waals surface area contributed by atoms with E-state index in [1.807, 2.05) is 24.3 Å². The molecule has 0 bridgehead atoms. The number of hydrogen-bond donors (Lipinski definition) is 3. The predicted molar refractivity (Wildman–Crippen MR) is 80.7 cm³/mol. The van der Waals surface area contributed by atoms with E-state index in [9.17, 15) is 5.11 Å². The molecule has 110 valence electrons. The molecule has 0 radical (unpaired) electrons. The molecule has 1 fully saturated rings. The Balaban J connectivity index is 1.98. The molecule has 0 unspecified atom stereocenters. The van der Waals surface area contributed by atoms with Crippen molar-refractivity contribution in [2.24, 2.45) is 10.7 Å². The number of nitrogens with one attached hydrogen (secondary N) is 1. The number of guanidine groups is 1. The van der Waals surface area contributed by atoms with E-state index >= 15 is 0 Å². The fourth-order valence-electron chi connectivity index (χ4n) is 2.52. The number of ether oxygens (including phenoxy) is 1. The maximum absolute atomic E-state index is 10.2. The minimum absolute atomic E-state index is 0.328. The van der Waals surface area contributed by atoms with Gasteiger partial charge in [-0.2, -0.15) is 0 Å². The highest BCUT2D eigenvalue weighted by Gasteiger charge is 2.30. The van der Waals surface area contributed by atoms with Crippen molar-refractivity contribution in [3.63, 3.8) is 0 Å². The number of hydrogen-bond acceptors (Lipinski definition) is 3. The zero-order valence-electron chi connectivity index (χ0n) is 11.9. The molecule has 1 saturated carbocycles. The molecule has 0 spiro atoms. The fraction of sp³-hybridized carbons (Fsp3) is 0.533. The lowest BCUT2D eigenvalue weighted by molar-refractivity contribution is 0.0575. The van der Waals surface area contributed by atoms with E-state index in [1.165, 1.54) is 0 Å². The summed E-state index contributed by atoms with van der Waals surface area (Å²) >= 11 is 0. The van der Waals surface area contributed by atoms with Gasteiger partial charge in [-0.25, -0.2) is 0 Å². The first-order valence-electron chi connectivity index (χ1n) is 6.99. The minimum atomic E-state index is -0.668. The molecule has 1 aromatic carbocycles. The van der Waals surface area contributed by atoms with Crippen LogP contribution in [0.3, 0.4) is 0 Å².